The molecule has 0 heterocycles. The van der Waals surface area contributed by atoms with E-state index >= 15 is 0 Å². The minimum atomic E-state index is -0.211. The lowest BCUT2D eigenvalue weighted by molar-refractivity contribution is -0.122. The highest BCUT2D eigenvalue weighted by Gasteiger charge is 2.11. The van der Waals surface area contributed by atoms with Gasteiger partial charge in [0.1, 0.15) is 0 Å². The fourth-order valence-corrected chi connectivity index (χ4v) is 1.79. The third-order valence-corrected chi connectivity index (χ3v) is 3.31. The summed E-state index contributed by atoms with van der Waals surface area (Å²) >= 11 is 0. The average Bonchev–Trinajstić information content (AvgIpc) is 2.40. The first-order valence-electron chi connectivity index (χ1n) is 6.61. The topological polar surface area (TPSA) is 50.4 Å². The molecule has 1 amide bonds. The minimum absolute atomic E-state index is 0.00218. The van der Waals surface area contributed by atoms with Gasteiger partial charge in [-0.1, -0.05) is 18.2 Å². The molecule has 1 unspecified atom stereocenters. The van der Waals surface area contributed by atoms with Gasteiger partial charge < -0.3 is 15.4 Å². The fourth-order valence-electron chi connectivity index (χ4n) is 1.79. The van der Waals surface area contributed by atoms with Gasteiger partial charge in [0.25, 0.3) is 0 Å². The standard InChI is InChI=1S/C15H24N2O2/c1-11-6-5-7-14(12(11)2)10-17-13(3)15(18)16-8-9-19-4/h5-7,13,17H,8-10H2,1-4H3,(H,16,18). The van der Waals surface area contributed by atoms with Crippen LogP contribution in [0.25, 0.3) is 0 Å². The molecule has 1 rings (SSSR count). The van der Waals surface area contributed by atoms with Gasteiger partial charge in [0, 0.05) is 20.2 Å². The van der Waals surface area contributed by atoms with Crippen LogP contribution in [0, 0.1) is 13.8 Å². The monoisotopic (exact) mass is 264 g/mol. The van der Waals surface area contributed by atoms with Crippen molar-refractivity contribution in [3.05, 3.63) is 34.9 Å². The van der Waals surface area contributed by atoms with Crippen LogP contribution in [0.5, 0.6) is 0 Å². The van der Waals surface area contributed by atoms with E-state index in [1.54, 1.807) is 7.11 Å². The molecule has 19 heavy (non-hydrogen) atoms. The number of nitrogens with one attached hydrogen (secondary N) is 2. The van der Waals surface area contributed by atoms with Crippen molar-refractivity contribution in [3.8, 4) is 0 Å². The largest absolute Gasteiger partial charge is 0.383 e. The molecule has 0 aromatic heterocycles. The van der Waals surface area contributed by atoms with Crippen LogP contribution in [0.2, 0.25) is 0 Å². The molecule has 0 aliphatic heterocycles. The minimum Gasteiger partial charge on any atom is -0.383 e. The number of amides is 1. The van der Waals surface area contributed by atoms with Crippen molar-refractivity contribution in [1.29, 1.82) is 0 Å². The van der Waals surface area contributed by atoms with Crippen LogP contribution in [0.15, 0.2) is 18.2 Å². The summed E-state index contributed by atoms with van der Waals surface area (Å²) in [5.74, 6) is 0.00218. The summed E-state index contributed by atoms with van der Waals surface area (Å²) in [4.78, 5) is 11.8. The Morgan fingerprint density at radius 2 is 2.11 bits per heavy atom. The van der Waals surface area contributed by atoms with Gasteiger partial charge in [-0.05, 0) is 37.5 Å². The van der Waals surface area contributed by atoms with Crippen molar-refractivity contribution in [3.63, 3.8) is 0 Å². The average molecular weight is 264 g/mol. The summed E-state index contributed by atoms with van der Waals surface area (Å²) in [5, 5.41) is 6.06. The number of benzene rings is 1. The van der Waals surface area contributed by atoms with Crippen molar-refractivity contribution in [2.75, 3.05) is 20.3 Å². The zero-order chi connectivity index (χ0) is 14.3. The van der Waals surface area contributed by atoms with Gasteiger partial charge in [0.2, 0.25) is 5.91 Å². The first kappa shape index (κ1) is 15.7. The number of carbonyl (C=O) groups excluding carboxylic acids is 1. The summed E-state index contributed by atoms with van der Waals surface area (Å²) in [5.41, 5.74) is 3.79. The Morgan fingerprint density at radius 3 is 2.79 bits per heavy atom. The molecule has 0 saturated heterocycles. The highest BCUT2D eigenvalue weighted by molar-refractivity contribution is 5.81. The van der Waals surface area contributed by atoms with Gasteiger partial charge in [-0.3, -0.25) is 4.79 Å². The number of aryl methyl sites for hydroxylation is 1. The summed E-state index contributed by atoms with van der Waals surface area (Å²) in [6.07, 6.45) is 0. The number of hydrogen-bond acceptors (Lipinski definition) is 3. The lowest BCUT2D eigenvalue weighted by Gasteiger charge is -2.15. The molecule has 4 nitrogen and oxygen atoms in total. The van der Waals surface area contributed by atoms with E-state index in [0.717, 1.165) is 0 Å². The zero-order valence-electron chi connectivity index (χ0n) is 12.2. The van der Waals surface area contributed by atoms with Gasteiger partial charge in [0.05, 0.1) is 12.6 Å². The number of rotatable bonds is 7. The lowest BCUT2D eigenvalue weighted by atomic mass is 10.0. The first-order valence-corrected chi connectivity index (χ1v) is 6.61. The third kappa shape index (κ3) is 5.01. The molecule has 1 aromatic carbocycles. The van der Waals surface area contributed by atoms with E-state index in [9.17, 15) is 4.79 Å². The van der Waals surface area contributed by atoms with Crippen molar-refractivity contribution < 1.29 is 9.53 Å². The number of ether oxygens (including phenoxy) is 1. The Kier molecular flexibility index (Phi) is 6.53. The van der Waals surface area contributed by atoms with E-state index < -0.39 is 0 Å². The van der Waals surface area contributed by atoms with Gasteiger partial charge in [0.15, 0.2) is 0 Å². The summed E-state index contributed by atoms with van der Waals surface area (Å²) in [6, 6.07) is 6.02. The molecule has 106 valence electrons. The quantitative estimate of drug-likeness (QED) is 0.735. The SMILES string of the molecule is COCCNC(=O)C(C)NCc1cccc(C)c1C. The fraction of sp³-hybridized carbons (Fsp3) is 0.533. The smallest absolute Gasteiger partial charge is 0.236 e. The van der Waals surface area contributed by atoms with Crippen LogP contribution in [0.3, 0.4) is 0 Å². The maximum absolute atomic E-state index is 11.8. The normalized spacial score (nSPS) is 12.2. The van der Waals surface area contributed by atoms with E-state index in [-0.39, 0.29) is 11.9 Å². The van der Waals surface area contributed by atoms with Crippen LogP contribution < -0.4 is 10.6 Å². The molecule has 0 spiro atoms. The second-order valence-electron chi connectivity index (χ2n) is 4.75. The van der Waals surface area contributed by atoms with Gasteiger partial charge in [-0.15, -0.1) is 0 Å². The molecule has 0 aliphatic carbocycles. The van der Waals surface area contributed by atoms with Crippen LogP contribution in [-0.4, -0.2) is 32.2 Å². The zero-order valence-corrected chi connectivity index (χ0v) is 12.2. The van der Waals surface area contributed by atoms with Gasteiger partial charge in [-0.25, -0.2) is 0 Å². The highest BCUT2D eigenvalue weighted by atomic mass is 16.5. The summed E-state index contributed by atoms with van der Waals surface area (Å²) < 4.78 is 4.90. The van der Waals surface area contributed by atoms with Crippen molar-refractivity contribution in [2.24, 2.45) is 0 Å². The Morgan fingerprint density at radius 1 is 1.37 bits per heavy atom. The number of methoxy groups -OCH3 is 1. The third-order valence-electron chi connectivity index (χ3n) is 3.31. The second-order valence-corrected chi connectivity index (χ2v) is 4.75. The van der Waals surface area contributed by atoms with E-state index in [4.69, 9.17) is 4.74 Å². The van der Waals surface area contributed by atoms with Crippen molar-refractivity contribution in [2.45, 2.75) is 33.4 Å². The van der Waals surface area contributed by atoms with E-state index in [2.05, 4.69) is 36.6 Å². The molecule has 4 heteroatoms. The van der Waals surface area contributed by atoms with E-state index in [1.807, 2.05) is 13.0 Å². The molecule has 2 N–H and O–H groups in total. The van der Waals surface area contributed by atoms with Gasteiger partial charge in [-0.2, -0.15) is 0 Å². The Bertz CT molecular complexity index is 419. The second kappa shape index (κ2) is 7.92. The predicted octanol–water partition coefficient (Wildman–Crippen LogP) is 1.54. The van der Waals surface area contributed by atoms with Crippen molar-refractivity contribution >= 4 is 5.91 Å². The molecular weight excluding hydrogens is 240 g/mol. The Labute approximate surface area is 115 Å². The van der Waals surface area contributed by atoms with Gasteiger partial charge >= 0.3 is 0 Å². The molecule has 0 aliphatic rings. The van der Waals surface area contributed by atoms with Crippen molar-refractivity contribution in [1.82, 2.24) is 10.6 Å². The molecule has 0 radical (unpaired) electrons. The molecule has 1 aromatic rings. The van der Waals surface area contributed by atoms with E-state index in [0.29, 0.717) is 19.7 Å². The van der Waals surface area contributed by atoms with Crippen LogP contribution >= 0.6 is 0 Å². The predicted molar refractivity (Wildman–Crippen MR) is 77.1 cm³/mol. The molecular formula is C15H24N2O2. The van der Waals surface area contributed by atoms with E-state index in [1.165, 1.54) is 16.7 Å². The number of carbonyl (C=O) groups is 1. The lowest BCUT2D eigenvalue weighted by Crippen LogP contribution is -2.42. The first-order chi connectivity index (χ1) is 9.06. The maximum Gasteiger partial charge on any atom is 0.236 e. The Hall–Kier alpha value is -1.39. The Balaban J connectivity index is 2.43. The molecule has 1 atom stereocenters. The molecule has 0 bridgehead atoms. The van der Waals surface area contributed by atoms with Crippen LogP contribution in [-0.2, 0) is 16.1 Å². The summed E-state index contributed by atoms with van der Waals surface area (Å²) in [6.45, 7) is 7.86. The number of hydrogen-bond donors (Lipinski definition) is 2. The maximum atomic E-state index is 11.8. The van der Waals surface area contributed by atoms with Crippen LogP contribution in [0.1, 0.15) is 23.6 Å². The molecule has 0 fully saturated rings. The molecule has 0 saturated carbocycles. The van der Waals surface area contributed by atoms with Crippen LogP contribution in [0.4, 0.5) is 0 Å². The highest BCUT2D eigenvalue weighted by Crippen LogP contribution is 2.12. The summed E-state index contributed by atoms with van der Waals surface area (Å²) in [7, 11) is 1.62.